The predicted octanol–water partition coefficient (Wildman–Crippen LogP) is 5.09. The maximum absolute atomic E-state index is 13.2. The van der Waals surface area contributed by atoms with Crippen molar-refractivity contribution in [3.8, 4) is 5.69 Å². The molecule has 1 heterocycles. The maximum atomic E-state index is 13.2. The first-order chi connectivity index (χ1) is 13.1. The van der Waals surface area contributed by atoms with E-state index < -0.39 is 15.4 Å². The molecule has 0 atom stereocenters. The fourth-order valence-electron chi connectivity index (χ4n) is 2.93. The third-order valence-corrected chi connectivity index (χ3v) is 5.91. The number of nitrogens with one attached hydrogen (secondary N) is 1. The van der Waals surface area contributed by atoms with Crippen LogP contribution in [0.2, 0.25) is 0 Å². The summed E-state index contributed by atoms with van der Waals surface area (Å²) in [6.45, 7) is 10.1. The fourth-order valence-corrected chi connectivity index (χ4v) is 4.33. The van der Waals surface area contributed by atoms with Crippen molar-refractivity contribution in [3.63, 3.8) is 0 Å². The normalized spacial score (nSPS) is 12.4. The van der Waals surface area contributed by atoms with Crippen LogP contribution in [0.25, 0.3) is 5.69 Å². The van der Waals surface area contributed by atoms with E-state index in [1.807, 2.05) is 63.2 Å². The Morgan fingerprint density at radius 3 is 2.11 bits per heavy atom. The van der Waals surface area contributed by atoms with Crippen molar-refractivity contribution in [2.75, 3.05) is 4.72 Å². The van der Waals surface area contributed by atoms with Gasteiger partial charge in [-0.15, -0.1) is 0 Å². The van der Waals surface area contributed by atoms with Crippen LogP contribution in [0.1, 0.15) is 51.8 Å². The number of hydrogen-bond acceptors (Lipinski definition) is 3. The number of aromatic nitrogens is 2. The van der Waals surface area contributed by atoms with Crippen molar-refractivity contribution in [2.24, 2.45) is 0 Å². The van der Waals surface area contributed by atoms with Crippen LogP contribution in [-0.4, -0.2) is 18.2 Å². The second-order valence-corrected chi connectivity index (χ2v) is 9.91. The van der Waals surface area contributed by atoms with E-state index in [0.717, 1.165) is 11.3 Å². The Morgan fingerprint density at radius 2 is 1.57 bits per heavy atom. The third-order valence-electron chi connectivity index (χ3n) is 4.53. The van der Waals surface area contributed by atoms with Gasteiger partial charge >= 0.3 is 0 Å². The van der Waals surface area contributed by atoms with Crippen molar-refractivity contribution in [2.45, 2.75) is 50.8 Å². The molecule has 0 unspecified atom stereocenters. The lowest BCUT2D eigenvalue weighted by Gasteiger charge is -2.18. The third kappa shape index (κ3) is 4.28. The number of hydrogen-bond donors (Lipinski definition) is 1. The topological polar surface area (TPSA) is 64.0 Å². The molecule has 3 aromatic rings. The van der Waals surface area contributed by atoms with Gasteiger partial charge in [-0.3, -0.25) is 4.72 Å². The Labute approximate surface area is 167 Å². The quantitative estimate of drug-likeness (QED) is 0.652. The van der Waals surface area contributed by atoms with Gasteiger partial charge in [0.25, 0.3) is 10.0 Å². The molecule has 1 aromatic heterocycles. The van der Waals surface area contributed by atoms with Gasteiger partial charge in [-0.25, -0.2) is 13.1 Å². The highest BCUT2D eigenvalue weighted by Crippen LogP contribution is 2.30. The van der Waals surface area contributed by atoms with Gasteiger partial charge in [0.05, 0.1) is 17.6 Å². The van der Waals surface area contributed by atoms with Crippen molar-refractivity contribution in [1.82, 2.24) is 9.78 Å². The smallest absolute Gasteiger partial charge is 0.265 e. The Bertz CT molecular complexity index is 1050. The summed E-state index contributed by atoms with van der Waals surface area (Å²) in [7, 11) is -3.78. The van der Waals surface area contributed by atoms with Crippen LogP contribution >= 0.6 is 0 Å². The van der Waals surface area contributed by atoms with Crippen LogP contribution < -0.4 is 4.72 Å². The van der Waals surface area contributed by atoms with Crippen LogP contribution in [0.3, 0.4) is 0 Å². The molecule has 0 fully saturated rings. The summed E-state index contributed by atoms with van der Waals surface area (Å²) in [6, 6.07) is 17.0. The number of sulfonamides is 1. The zero-order valence-corrected chi connectivity index (χ0v) is 17.8. The molecule has 0 aliphatic heterocycles. The van der Waals surface area contributed by atoms with Gasteiger partial charge < -0.3 is 0 Å². The number of rotatable bonds is 5. The molecule has 0 aliphatic carbocycles. The maximum Gasteiger partial charge on any atom is 0.265 e. The highest BCUT2D eigenvalue weighted by molar-refractivity contribution is 7.92. The van der Waals surface area contributed by atoms with Crippen LogP contribution in [0.15, 0.2) is 65.7 Å². The summed E-state index contributed by atoms with van der Waals surface area (Å²) in [6.07, 6.45) is 1.58. The summed E-state index contributed by atoms with van der Waals surface area (Å²) in [5, 5.41) is 4.59. The summed E-state index contributed by atoms with van der Waals surface area (Å²) in [4.78, 5) is 0.191. The van der Waals surface area contributed by atoms with E-state index in [1.165, 1.54) is 0 Å². The van der Waals surface area contributed by atoms with E-state index >= 15 is 0 Å². The van der Waals surface area contributed by atoms with Gasteiger partial charge in [0.15, 0.2) is 0 Å². The lowest BCUT2D eigenvalue weighted by Crippen LogP contribution is -2.20. The van der Waals surface area contributed by atoms with Crippen LogP contribution in [0.4, 0.5) is 5.69 Å². The minimum atomic E-state index is -3.78. The van der Waals surface area contributed by atoms with Gasteiger partial charge in [0.1, 0.15) is 4.90 Å². The zero-order chi connectivity index (χ0) is 20.5. The number of para-hydroxylation sites is 1. The molecule has 3 rings (SSSR count). The standard InChI is InChI=1S/C22H27N3O2S/c1-16(2)17-11-13-18(14-12-17)24-28(26,27)20-15-25(19-9-7-6-8-10-19)23-21(20)22(3,4)5/h6-16,24H,1-5H3. The average Bonchev–Trinajstić information content (AvgIpc) is 3.09. The molecule has 0 radical (unpaired) electrons. The fraction of sp³-hybridized carbons (Fsp3) is 0.318. The molecule has 0 saturated heterocycles. The molecule has 0 bridgehead atoms. The molecule has 148 valence electrons. The molecule has 0 saturated carbocycles. The number of anilines is 1. The van der Waals surface area contributed by atoms with E-state index in [1.54, 1.807) is 23.0 Å². The zero-order valence-electron chi connectivity index (χ0n) is 17.0. The van der Waals surface area contributed by atoms with Gasteiger partial charge in [-0.1, -0.05) is 65.0 Å². The first kappa shape index (κ1) is 20.1. The Hall–Kier alpha value is -2.60. The van der Waals surface area contributed by atoms with Gasteiger partial charge in [-0.2, -0.15) is 5.10 Å². The minimum Gasteiger partial charge on any atom is -0.280 e. The molecule has 1 N–H and O–H groups in total. The van der Waals surface area contributed by atoms with Gasteiger partial charge in [-0.05, 0) is 35.7 Å². The van der Waals surface area contributed by atoms with E-state index in [2.05, 4.69) is 23.7 Å². The summed E-state index contributed by atoms with van der Waals surface area (Å²) < 4.78 is 30.7. The molecule has 0 spiro atoms. The van der Waals surface area contributed by atoms with E-state index in [4.69, 9.17) is 0 Å². The highest BCUT2D eigenvalue weighted by Gasteiger charge is 2.30. The molecular formula is C22H27N3O2S. The predicted molar refractivity (Wildman–Crippen MR) is 114 cm³/mol. The summed E-state index contributed by atoms with van der Waals surface area (Å²) in [5.74, 6) is 0.391. The SMILES string of the molecule is CC(C)c1ccc(NS(=O)(=O)c2cn(-c3ccccc3)nc2C(C)(C)C)cc1. The largest absolute Gasteiger partial charge is 0.280 e. The van der Waals surface area contributed by atoms with E-state index in [-0.39, 0.29) is 4.90 Å². The van der Waals surface area contributed by atoms with E-state index in [9.17, 15) is 8.42 Å². The van der Waals surface area contributed by atoms with Crippen LogP contribution in [0, 0.1) is 0 Å². The number of benzene rings is 2. The molecule has 0 amide bonds. The molecule has 5 nitrogen and oxygen atoms in total. The second kappa shape index (κ2) is 7.43. The first-order valence-corrected chi connectivity index (χ1v) is 10.8. The van der Waals surface area contributed by atoms with Crippen molar-refractivity contribution in [3.05, 3.63) is 72.1 Å². The summed E-state index contributed by atoms with van der Waals surface area (Å²) in [5.41, 5.74) is 2.62. The average molecular weight is 398 g/mol. The van der Waals surface area contributed by atoms with Gasteiger partial charge in [0.2, 0.25) is 0 Å². The number of nitrogens with zero attached hydrogens (tertiary/aromatic N) is 2. The van der Waals surface area contributed by atoms with Crippen molar-refractivity contribution < 1.29 is 8.42 Å². The van der Waals surface area contributed by atoms with E-state index in [0.29, 0.717) is 17.3 Å². The molecular weight excluding hydrogens is 370 g/mol. The van der Waals surface area contributed by atoms with Crippen LogP contribution in [-0.2, 0) is 15.4 Å². The first-order valence-electron chi connectivity index (χ1n) is 9.36. The minimum absolute atomic E-state index is 0.191. The molecule has 6 heteroatoms. The molecule has 0 aliphatic rings. The van der Waals surface area contributed by atoms with Crippen LogP contribution in [0.5, 0.6) is 0 Å². The lowest BCUT2D eigenvalue weighted by molar-refractivity contribution is 0.543. The Morgan fingerprint density at radius 1 is 0.964 bits per heavy atom. The lowest BCUT2D eigenvalue weighted by atomic mass is 9.92. The molecule has 2 aromatic carbocycles. The molecule has 28 heavy (non-hydrogen) atoms. The monoisotopic (exact) mass is 397 g/mol. The van der Waals surface area contributed by atoms with Gasteiger partial charge in [0, 0.05) is 11.1 Å². The second-order valence-electron chi connectivity index (χ2n) is 8.25. The summed E-state index contributed by atoms with van der Waals surface area (Å²) >= 11 is 0. The van der Waals surface area contributed by atoms with Crippen molar-refractivity contribution in [1.29, 1.82) is 0 Å². The Kier molecular flexibility index (Phi) is 5.35. The highest BCUT2D eigenvalue weighted by atomic mass is 32.2. The Balaban J connectivity index is 2.01. The van der Waals surface area contributed by atoms with Crippen molar-refractivity contribution >= 4 is 15.7 Å².